The summed E-state index contributed by atoms with van der Waals surface area (Å²) in [6.07, 6.45) is 3.41. The van der Waals surface area contributed by atoms with Crippen molar-refractivity contribution in [3.63, 3.8) is 0 Å². The van der Waals surface area contributed by atoms with E-state index in [2.05, 4.69) is 19.2 Å². The third-order valence-electron chi connectivity index (χ3n) is 7.53. The summed E-state index contributed by atoms with van der Waals surface area (Å²) in [5.41, 5.74) is 0.543. The van der Waals surface area contributed by atoms with Gasteiger partial charge >= 0.3 is 29.6 Å². The molecule has 2 unspecified atom stereocenters. The second kappa shape index (κ2) is 13.4. The summed E-state index contributed by atoms with van der Waals surface area (Å²) >= 11 is 0. The molecule has 10 heteroatoms. The second-order valence-electron chi connectivity index (χ2n) is 10.9. The minimum absolute atomic E-state index is 0. The Hall–Kier alpha value is -2.62. The molecule has 0 saturated heterocycles. The number of amides is 2. The number of aliphatic carboxylic acids is 1. The Bertz CT molecular complexity index is 1250. The summed E-state index contributed by atoms with van der Waals surface area (Å²) in [7, 11) is 0. The largest absolute Gasteiger partial charge is 1.00 e. The Morgan fingerprint density at radius 1 is 1.10 bits per heavy atom. The predicted molar refractivity (Wildman–Crippen MR) is 141 cm³/mol. The van der Waals surface area contributed by atoms with Gasteiger partial charge in [0.25, 0.3) is 11.8 Å². The fourth-order valence-electron chi connectivity index (χ4n) is 6.22. The quantitative estimate of drug-likeness (QED) is 0.465. The smallest absolute Gasteiger partial charge is 0.550 e. The molecule has 3 atom stereocenters. The second-order valence-corrected chi connectivity index (χ2v) is 10.9. The van der Waals surface area contributed by atoms with E-state index in [9.17, 15) is 28.3 Å². The van der Waals surface area contributed by atoms with Crippen molar-refractivity contribution < 1.29 is 57.8 Å². The van der Waals surface area contributed by atoms with Gasteiger partial charge in [0.05, 0.1) is 6.04 Å². The van der Waals surface area contributed by atoms with Crippen LogP contribution in [0.4, 0.5) is 8.78 Å². The van der Waals surface area contributed by atoms with Crippen LogP contribution in [0.25, 0.3) is 0 Å². The monoisotopic (exact) mass is 561 g/mol. The van der Waals surface area contributed by atoms with Crippen LogP contribution in [0.5, 0.6) is 0 Å². The van der Waals surface area contributed by atoms with Crippen LogP contribution >= 0.6 is 0 Å². The molecule has 0 radical (unpaired) electrons. The van der Waals surface area contributed by atoms with Crippen LogP contribution in [-0.2, 0) is 9.59 Å². The van der Waals surface area contributed by atoms with Gasteiger partial charge in [0.1, 0.15) is 23.0 Å². The number of carboxylic acids is 1. The van der Waals surface area contributed by atoms with Crippen molar-refractivity contribution in [2.24, 2.45) is 16.8 Å². The maximum atomic E-state index is 14.1. The van der Waals surface area contributed by atoms with Gasteiger partial charge in [-0.3, -0.25) is 14.6 Å². The molecule has 1 heterocycles. The first-order valence-electron chi connectivity index (χ1n) is 13.5. The molecule has 1 fully saturated rings. The van der Waals surface area contributed by atoms with Gasteiger partial charge in [-0.2, -0.15) is 0 Å². The van der Waals surface area contributed by atoms with Crippen molar-refractivity contribution in [2.45, 2.75) is 71.0 Å². The number of carboxylic acid groups (broad SMARTS) is 1. The average Bonchev–Trinajstić information content (AvgIpc) is 3.11. The maximum Gasteiger partial charge on any atom is 1.00 e. The van der Waals surface area contributed by atoms with Crippen molar-refractivity contribution in [3.05, 3.63) is 70.8 Å². The van der Waals surface area contributed by atoms with Crippen molar-refractivity contribution in [1.82, 2.24) is 10.2 Å². The third kappa shape index (κ3) is 6.98. The Labute approximate surface area is 255 Å². The molecule has 2 aliphatic rings. The van der Waals surface area contributed by atoms with Gasteiger partial charge in [-0.25, -0.2) is 8.78 Å². The van der Waals surface area contributed by atoms with Gasteiger partial charge in [-0.05, 0) is 67.3 Å². The number of halogens is 2. The Morgan fingerprint density at radius 2 is 1.70 bits per heavy atom. The predicted octanol–water partition coefficient (Wildman–Crippen LogP) is 1.16. The maximum absolute atomic E-state index is 14.1. The van der Waals surface area contributed by atoms with Crippen LogP contribution < -0.4 is 40.0 Å². The minimum atomic E-state index is -1.24. The standard InChI is InChI=1S/C30H35F2N3O4.Na/c1-4-5-25(20-6-8-21(9-7-20)28(38)33-11-10-26(36)37)35-29(39)27(22-13-23(31)15-24(32)14-22)34-30(35)16-18(2)12-19(3)17-30;/h6-9,13-15,18-19,25H,4-5,10-12,16-17H2,1-3H3,(H,33,38)(H,36,37);/q;+1/p-1/t18?,19?,25-,30?;/m1./s1. The number of hydrogen-bond donors (Lipinski definition) is 1. The zero-order valence-electron chi connectivity index (χ0n) is 23.5. The summed E-state index contributed by atoms with van der Waals surface area (Å²) in [5.74, 6) is -2.95. The first-order valence-corrected chi connectivity index (χ1v) is 13.5. The van der Waals surface area contributed by atoms with Crippen LogP contribution in [0.3, 0.4) is 0 Å². The summed E-state index contributed by atoms with van der Waals surface area (Å²) in [4.78, 5) is 43.9. The van der Waals surface area contributed by atoms with Crippen molar-refractivity contribution in [3.8, 4) is 0 Å². The zero-order valence-corrected chi connectivity index (χ0v) is 25.5. The molecule has 2 aromatic carbocycles. The first kappa shape index (κ1) is 31.9. The molecule has 4 rings (SSSR count). The van der Waals surface area contributed by atoms with E-state index in [4.69, 9.17) is 4.99 Å². The van der Waals surface area contributed by atoms with Gasteiger partial charge in [0.15, 0.2) is 0 Å². The van der Waals surface area contributed by atoms with E-state index in [-0.39, 0.29) is 65.7 Å². The molecular weight excluding hydrogens is 527 g/mol. The number of nitrogens with zero attached hydrogens (tertiary/aromatic N) is 2. The van der Waals surface area contributed by atoms with E-state index < -0.39 is 29.2 Å². The molecule has 40 heavy (non-hydrogen) atoms. The summed E-state index contributed by atoms with van der Waals surface area (Å²) in [5, 5.41) is 13.2. The van der Waals surface area contributed by atoms with Gasteiger partial charge in [0, 0.05) is 36.1 Å². The fraction of sp³-hybridized carbons (Fsp3) is 0.467. The van der Waals surface area contributed by atoms with E-state index in [0.29, 0.717) is 36.7 Å². The summed E-state index contributed by atoms with van der Waals surface area (Å²) in [6.45, 7) is 6.26. The number of nitrogens with one attached hydrogen (secondary N) is 1. The van der Waals surface area contributed by atoms with Crippen LogP contribution in [-0.4, -0.2) is 40.6 Å². The fourth-order valence-corrected chi connectivity index (χ4v) is 6.22. The van der Waals surface area contributed by atoms with Crippen LogP contribution in [0.1, 0.15) is 86.8 Å². The number of benzene rings is 2. The number of aliphatic imine (C=N–C) groups is 1. The molecular formula is C30H34F2N3NaO4. The molecule has 1 spiro atoms. The summed E-state index contributed by atoms with van der Waals surface area (Å²) in [6, 6.07) is 9.59. The van der Waals surface area contributed by atoms with Crippen LogP contribution in [0.15, 0.2) is 47.5 Å². The number of carbonyl (C=O) groups excluding carboxylic acids is 3. The molecule has 0 aromatic heterocycles. The molecule has 1 saturated carbocycles. The summed E-state index contributed by atoms with van der Waals surface area (Å²) < 4.78 is 28.3. The van der Waals surface area contributed by atoms with Crippen LogP contribution in [0.2, 0.25) is 0 Å². The number of carbonyl (C=O) groups is 3. The molecule has 1 aliphatic heterocycles. The Balaban J connectivity index is 0.00000441. The molecule has 208 valence electrons. The topological polar surface area (TPSA) is 102 Å². The molecule has 0 bridgehead atoms. The van der Waals surface area contributed by atoms with Gasteiger partial charge < -0.3 is 20.1 Å². The molecule has 1 N–H and O–H groups in total. The van der Waals surface area contributed by atoms with E-state index in [1.165, 1.54) is 0 Å². The molecule has 1 aliphatic carbocycles. The van der Waals surface area contributed by atoms with Crippen LogP contribution in [0, 0.1) is 23.5 Å². The van der Waals surface area contributed by atoms with Gasteiger partial charge in [-0.1, -0.05) is 39.3 Å². The third-order valence-corrected chi connectivity index (χ3v) is 7.53. The van der Waals surface area contributed by atoms with E-state index in [1.54, 1.807) is 24.3 Å². The zero-order chi connectivity index (χ0) is 28.3. The van der Waals surface area contributed by atoms with Crippen molar-refractivity contribution >= 4 is 23.5 Å². The van der Waals surface area contributed by atoms with Gasteiger partial charge in [0.2, 0.25) is 0 Å². The van der Waals surface area contributed by atoms with Crippen molar-refractivity contribution in [1.29, 1.82) is 0 Å². The SMILES string of the molecule is CCC[C@H](c1ccc(C(=O)NCCC(=O)[O-])cc1)N1C(=O)C(c2cc(F)cc(F)c2)=NC12CC(C)CC(C)C2.[Na+]. The van der Waals surface area contributed by atoms with E-state index in [1.807, 2.05) is 11.8 Å². The molecule has 2 amide bonds. The minimum Gasteiger partial charge on any atom is -0.550 e. The average molecular weight is 562 g/mol. The number of rotatable bonds is 9. The van der Waals surface area contributed by atoms with E-state index >= 15 is 0 Å². The Morgan fingerprint density at radius 3 is 2.25 bits per heavy atom. The van der Waals surface area contributed by atoms with Crippen molar-refractivity contribution in [2.75, 3.05) is 6.54 Å². The molecule has 7 nitrogen and oxygen atoms in total. The Kier molecular flexibility index (Phi) is 10.7. The normalized spacial score (nSPS) is 23.0. The first-order chi connectivity index (χ1) is 18.5. The van der Waals surface area contributed by atoms with E-state index in [0.717, 1.165) is 36.6 Å². The molecule has 2 aromatic rings. The van der Waals surface area contributed by atoms with Gasteiger partial charge in [-0.15, -0.1) is 0 Å². The number of hydrogen-bond acceptors (Lipinski definition) is 5.